The average Bonchev–Trinajstić information content (AvgIpc) is 2.91. The van der Waals surface area contributed by atoms with E-state index in [1.807, 2.05) is 0 Å². The van der Waals surface area contributed by atoms with Crippen molar-refractivity contribution < 1.29 is 4.74 Å². The first-order chi connectivity index (χ1) is 7.90. The Morgan fingerprint density at radius 3 is 3.00 bits per heavy atom. The second-order valence-electron chi connectivity index (χ2n) is 5.03. The predicted molar refractivity (Wildman–Crippen MR) is 71.1 cm³/mol. The second kappa shape index (κ2) is 6.87. The molecule has 0 aromatic heterocycles. The second-order valence-corrected chi connectivity index (χ2v) is 6.10. The van der Waals surface area contributed by atoms with E-state index in [4.69, 9.17) is 4.74 Å². The highest BCUT2D eigenvalue weighted by molar-refractivity contribution is 7.99. The van der Waals surface area contributed by atoms with E-state index in [9.17, 15) is 0 Å². The summed E-state index contributed by atoms with van der Waals surface area (Å²) in [7, 11) is 0. The van der Waals surface area contributed by atoms with Crippen LogP contribution in [0.2, 0.25) is 0 Å². The lowest BCUT2D eigenvalue weighted by molar-refractivity contribution is 0.101. The van der Waals surface area contributed by atoms with Crippen molar-refractivity contribution in [3.8, 4) is 0 Å². The molecule has 0 aliphatic carbocycles. The molecular formula is C13H25NOS. The van der Waals surface area contributed by atoms with Crippen molar-refractivity contribution in [3.05, 3.63) is 0 Å². The molecule has 2 aliphatic heterocycles. The fourth-order valence-corrected chi connectivity index (χ4v) is 4.33. The molecule has 2 rings (SSSR count). The summed E-state index contributed by atoms with van der Waals surface area (Å²) >= 11 is 2.12. The zero-order chi connectivity index (χ0) is 11.2. The van der Waals surface area contributed by atoms with Gasteiger partial charge in [-0.15, -0.1) is 0 Å². The Morgan fingerprint density at radius 2 is 2.25 bits per heavy atom. The van der Waals surface area contributed by atoms with Gasteiger partial charge in [0.25, 0.3) is 0 Å². The lowest BCUT2D eigenvalue weighted by atomic mass is 9.95. The minimum atomic E-state index is 0.589. The molecular weight excluding hydrogens is 218 g/mol. The van der Waals surface area contributed by atoms with E-state index in [2.05, 4.69) is 24.0 Å². The molecule has 94 valence electrons. The maximum Gasteiger partial charge on any atom is 0.0576 e. The van der Waals surface area contributed by atoms with Gasteiger partial charge < -0.3 is 10.1 Å². The van der Waals surface area contributed by atoms with Crippen molar-refractivity contribution in [1.29, 1.82) is 0 Å². The minimum Gasteiger partial charge on any atom is -0.378 e. The molecule has 0 radical (unpaired) electrons. The van der Waals surface area contributed by atoms with Gasteiger partial charge in [-0.05, 0) is 43.9 Å². The van der Waals surface area contributed by atoms with Gasteiger partial charge in [0.1, 0.15) is 0 Å². The largest absolute Gasteiger partial charge is 0.378 e. The first-order valence-corrected chi connectivity index (χ1v) is 7.98. The monoisotopic (exact) mass is 243 g/mol. The number of hydrogen-bond acceptors (Lipinski definition) is 3. The molecule has 3 atom stereocenters. The maximum atomic E-state index is 5.67. The molecule has 2 saturated heterocycles. The van der Waals surface area contributed by atoms with E-state index in [1.165, 1.54) is 43.6 Å². The standard InChI is InChI=1S/C13H25NOS/c1-2-14-13-10-16-9-11(13)5-3-6-12-7-4-8-15-12/h11-14H,2-10H2,1H3. The summed E-state index contributed by atoms with van der Waals surface area (Å²) in [5.74, 6) is 3.59. The minimum absolute atomic E-state index is 0.589. The molecule has 3 unspecified atom stereocenters. The van der Waals surface area contributed by atoms with Crippen LogP contribution in [0.15, 0.2) is 0 Å². The number of thioether (sulfide) groups is 1. The van der Waals surface area contributed by atoms with Gasteiger partial charge in [0.15, 0.2) is 0 Å². The Bertz CT molecular complexity index is 194. The summed E-state index contributed by atoms with van der Waals surface area (Å²) in [6.45, 7) is 4.34. The highest BCUT2D eigenvalue weighted by Crippen LogP contribution is 2.29. The van der Waals surface area contributed by atoms with Crippen molar-refractivity contribution in [2.24, 2.45) is 5.92 Å². The van der Waals surface area contributed by atoms with Crippen molar-refractivity contribution in [3.63, 3.8) is 0 Å². The van der Waals surface area contributed by atoms with E-state index in [-0.39, 0.29) is 0 Å². The summed E-state index contributed by atoms with van der Waals surface area (Å²) in [6, 6.07) is 0.777. The van der Waals surface area contributed by atoms with Crippen LogP contribution in [0, 0.1) is 5.92 Å². The Kier molecular flexibility index (Phi) is 5.46. The molecule has 2 aliphatic rings. The van der Waals surface area contributed by atoms with Crippen LogP contribution in [0.4, 0.5) is 0 Å². The normalized spacial score (nSPS) is 34.7. The molecule has 16 heavy (non-hydrogen) atoms. The first kappa shape index (κ1) is 12.7. The van der Waals surface area contributed by atoms with Gasteiger partial charge in [0, 0.05) is 18.4 Å². The van der Waals surface area contributed by atoms with Crippen LogP contribution in [0.3, 0.4) is 0 Å². The fourth-order valence-electron chi connectivity index (χ4n) is 2.85. The zero-order valence-electron chi connectivity index (χ0n) is 10.4. The van der Waals surface area contributed by atoms with Crippen molar-refractivity contribution in [2.75, 3.05) is 24.7 Å². The molecule has 0 aromatic carbocycles. The van der Waals surface area contributed by atoms with Gasteiger partial charge in [0.2, 0.25) is 0 Å². The number of rotatable bonds is 6. The van der Waals surface area contributed by atoms with Gasteiger partial charge in [-0.2, -0.15) is 11.8 Å². The molecule has 2 fully saturated rings. The van der Waals surface area contributed by atoms with Crippen molar-refractivity contribution >= 4 is 11.8 Å². The average molecular weight is 243 g/mol. The van der Waals surface area contributed by atoms with Crippen LogP contribution in [0.25, 0.3) is 0 Å². The Balaban J connectivity index is 1.60. The molecule has 1 N–H and O–H groups in total. The Hall–Kier alpha value is 0.270. The predicted octanol–water partition coefficient (Wildman–Crippen LogP) is 2.68. The zero-order valence-corrected chi connectivity index (χ0v) is 11.2. The van der Waals surface area contributed by atoms with Crippen molar-refractivity contribution in [2.45, 2.75) is 51.2 Å². The smallest absolute Gasteiger partial charge is 0.0576 e. The summed E-state index contributed by atoms with van der Waals surface area (Å²) in [6.07, 6.45) is 7.22. The summed E-state index contributed by atoms with van der Waals surface area (Å²) in [4.78, 5) is 0. The Labute approximate surface area is 104 Å². The van der Waals surface area contributed by atoms with Crippen LogP contribution in [-0.2, 0) is 4.74 Å². The van der Waals surface area contributed by atoms with E-state index in [0.29, 0.717) is 6.10 Å². The van der Waals surface area contributed by atoms with Crippen LogP contribution in [-0.4, -0.2) is 36.8 Å². The molecule has 0 spiro atoms. The summed E-state index contributed by atoms with van der Waals surface area (Å²) < 4.78 is 5.67. The van der Waals surface area contributed by atoms with Gasteiger partial charge in [-0.3, -0.25) is 0 Å². The molecule has 0 bridgehead atoms. The maximum absolute atomic E-state index is 5.67. The van der Waals surface area contributed by atoms with E-state index >= 15 is 0 Å². The third kappa shape index (κ3) is 3.64. The fraction of sp³-hybridized carbons (Fsp3) is 1.00. The van der Waals surface area contributed by atoms with Gasteiger partial charge in [-0.25, -0.2) is 0 Å². The number of nitrogens with one attached hydrogen (secondary N) is 1. The van der Waals surface area contributed by atoms with E-state index < -0.39 is 0 Å². The van der Waals surface area contributed by atoms with Crippen LogP contribution in [0.1, 0.15) is 39.0 Å². The topological polar surface area (TPSA) is 21.3 Å². The van der Waals surface area contributed by atoms with E-state index in [0.717, 1.165) is 25.1 Å². The quantitative estimate of drug-likeness (QED) is 0.775. The first-order valence-electron chi connectivity index (χ1n) is 6.83. The molecule has 0 aromatic rings. The molecule has 3 heteroatoms. The molecule has 0 saturated carbocycles. The van der Waals surface area contributed by atoms with Gasteiger partial charge in [0.05, 0.1) is 6.10 Å². The lowest BCUT2D eigenvalue weighted by Crippen LogP contribution is -2.35. The summed E-state index contributed by atoms with van der Waals surface area (Å²) in [5.41, 5.74) is 0. The molecule has 0 amide bonds. The Morgan fingerprint density at radius 1 is 1.31 bits per heavy atom. The van der Waals surface area contributed by atoms with Crippen LogP contribution >= 0.6 is 11.8 Å². The van der Waals surface area contributed by atoms with Gasteiger partial charge >= 0.3 is 0 Å². The molecule has 2 heterocycles. The SMILES string of the molecule is CCNC1CSCC1CCCC1CCCO1. The highest BCUT2D eigenvalue weighted by atomic mass is 32.2. The third-order valence-electron chi connectivity index (χ3n) is 3.79. The van der Waals surface area contributed by atoms with E-state index in [1.54, 1.807) is 0 Å². The third-order valence-corrected chi connectivity index (χ3v) is 5.05. The van der Waals surface area contributed by atoms with Crippen LogP contribution < -0.4 is 5.32 Å². The molecule has 2 nitrogen and oxygen atoms in total. The van der Waals surface area contributed by atoms with Crippen molar-refractivity contribution in [1.82, 2.24) is 5.32 Å². The number of hydrogen-bond donors (Lipinski definition) is 1. The lowest BCUT2D eigenvalue weighted by Gasteiger charge is -2.19. The highest BCUT2D eigenvalue weighted by Gasteiger charge is 2.26. The van der Waals surface area contributed by atoms with Crippen LogP contribution in [0.5, 0.6) is 0 Å². The summed E-state index contributed by atoms with van der Waals surface area (Å²) in [5, 5.41) is 3.62. The van der Waals surface area contributed by atoms with Gasteiger partial charge in [-0.1, -0.05) is 13.3 Å². The number of ether oxygens (including phenoxy) is 1.